The van der Waals surface area contributed by atoms with Crippen LogP contribution in [0.4, 0.5) is 0 Å². The van der Waals surface area contributed by atoms with Crippen molar-refractivity contribution in [3.63, 3.8) is 0 Å². The van der Waals surface area contributed by atoms with Gasteiger partial charge in [0.25, 0.3) is 11.5 Å². The number of H-pyrrole nitrogens is 1. The quantitative estimate of drug-likeness (QED) is 0.515. The molecule has 2 atom stereocenters. The zero-order valence-electron chi connectivity index (χ0n) is 16.8. The smallest absolute Gasteiger partial charge is 0.254 e. The van der Waals surface area contributed by atoms with Crippen molar-refractivity contribution in [1.29, 1.82) is 0 Å². The number of fused-ring (bicyclic) bond motifs is 1. The number of aryl methyl sites for hydroxylation is 1. The highest BCUT2D eigenvalue weighted by Gasteiger charge is 2.50. The number of aromatic amines is 1. The van der Waals surface area contributed by atoms with Gasteiger partial charge in [-0.15, -0.1) is 0 Å². The molecule has 2 aromatic rings. The third-order valence-electron chi connectivity index (χ3n) is 5.84. The molecule has 0 saturated carbocycles. The van der Waals surface area contributed by atoms with Crippen molar-refractivity contribution < 1.29 is 19.4 Å². The number of aliphatic hydroxyl groups is 1. The molecule has 0 aliphatic carbocycles. The highest BCUT2D eigenvalue weighted by Crippen LogP contribution is 2.30. The molecule has 30 heavy (non-hydrogen) atoms. The van der Waals surface area contributed by atoms with Gasteiger partial charge < -0.3 is 25.0 Å². The van der Waals surface area contributed by atoms with Crippen molar-refractivity contribution in [1.82, 2.24) is 20.5 Å². The number of hydrogen-bond donors (Lipinski definition) is 4. The lowest BCUT2D eigenvalue weighted by atomic mass is 9.87. The van der Waals surface area contributed by atoms with E-state index in [0.29, 0.717) is 29.0 Å². The third kappa shape index (κ3) is 3.35. The van der Waals surface area contributed by atoms with E-state index >= 15 is 0 Å². The molecule has 4 rings (SSSR count). The standard InChI is InChI=1S/C21H24N4O5/c1-12-5-13(8-22-18(12)27)6-17(26)21(20(29)23-11-24-21)10-25-9-14-3-4-15(30-2)7-16(14)19(25)28/h3-5,7-8,17,24,26H,6,9-11H2,1-2H3,(H,22,27)(H,23,29)/t17?,21-/m0/s1. The number of amides is 2. The largest absolute Gasteiger partial charge is 0.497 e. The second-order valence-corrected chi connectivity index (χ2v) is 7.76. The topological polar surface area (TPSA) is 124 Å². The van der Waals surface area contributed by atoms with Gasteiger partial charge in [0.15, 0.2) is 0 Å². The van der Waals surface area contributed by atoms with Crippen LogP contribution in [0, 0.1) is 6.92 Å². The fourth-order valence-corrected chi connectivity index (χ4v) is 4.09. The minimum absolute atomic E-state index is 0.0121. The lowest BCUT2D eigenvalue weighted by molar-refractivity contribution is -0.128. The maximum atomic E-state index is 13.0. The second kappa shape index (κ2) is 7.58. The fourth-order valence-electron chi connectivity index (χ4n) is 4.09. The van der Waals surface area contributed by atoms with Gasteiger partial charge in [-0.3, -0.25) is 19.7 Å². The molecule has 2 amide bonds. The van der Waals surface area contributed by atoms with E-state index in [1.165, 1.54) is 13.3 Å². The summed E-state index contributed by atoms with van der Waals surface area (Å²) < 4.78 is 5.20. The average molecular weight is 412 g/mol. The molecule has 0 radical (unpaired) electrons. The van der Waals surface area contributed by atoms with E-state index in [2.05, 4.69) is 15.6 Å². The van der Waals surface area contributed by atoms with Gasteiger partial charge in [0.2, 0.25) is 5.91 Å². The number of methoxy groups -OCH3 is 1. The van der Waals surface area contributed by atoms with Crippen LogP contribution in [0.2, 0.25) is 0 Å². The predicted octanol–water partition coefficient (Wildman–Crippen LogP) is -0.333. The number of aromatic nitrogens is 1. The molecule has 1 aromatic heterocycles. The fraction of sp³-hybridized carbons (Fsp3) is 0.381. The summed E-state index contributed by atoms with van der Waals surface area (Å²) in [6, 6.07) is 7.00. The molecule has 2 aliphatic heterocycles. The van der Waals surface area contributed by atoms with Crippen LogP contribution >= 0.6 is 0 Å². The van der Waals surface area contributed by atoms with E-state index in [9.17, 15) is 19.5 Å². The zero-order valence-corrected chi connectivity index (χ0v) is 16.8. The zero-order chi connectivity index (χ0) is 21.5. The third-order valence-corrected chi connectivity index (χ3v) is 5.84. The van der Waals surface area contributed by atoms with Crippen molar-refractivity contribution >= 4 is 11.8 Å². The van der Waals surface area contributed by atoms with Crippen LogP contribution in [-0.2, 0) is 17.8 Å². The van der Waals surface area contributed by atoms with Crippen LogP contribution in [0.1, 0.15) is 27.0 Å². The molecule has 0 spiro atoms. The summed E-state index contributed by atoms with van der Waals surface area (Å²) in [5.41, 5.74) is 1.05. The molecule has 4 N–H and O–H groups in total. The van der Waals surface area contributed by atoms with Crippen molar-refractivity contribution in [3.8, 4) is 5.75 Å². The number of nitrogens with zero attached hydrogens (tertiary/aromatic N) is 1. The summed E-state index contributed by atoms with van der Waals surface area (Å²) in [4.78, 5) is 41.5. The van der Waals surface area contributed by atoms with Gasteiger partial charge in [-0.1, -0.05) is 6.07 Å². The summed E-state index contributed by atoms with van der Waals surface area (Å²) in [7, 11) is 1.54. The molecule has 158 valence electrons. The molecule has 9 heteroatoms. The van der Waals surface area contributed by atoms with Crippen molar-refractivity contribution in [2.45, 2.75) is 31.5 Å². The van der Waals surface area contributed by atoms with E-state index in [1.54, 1.807) is 30.0 Å². The SMILES string of the molecule is COc1ccc2c(c1)C(=O)N(C[C@@]1(C(O)Cc3c[nH]c(=O)c(C)c3)NCNC1=O)C2. The Morgan fingerprint density at radius 1 is 1.27 bits per heavy atom. The van der Waals surface area contributed by atoms with Gasteiger partial charge in [-0.05, 0) is 36.2 Å². The minimum atomic E-state index is -1.36. The number of rotatable bonds is 6. The number of pyridine rings is 1. The summed E-state index contributed by atoms with van der Waals surface area (Å²) in [5, 5.41) is 16.8. The maximum absolute atomic E-state index is 13.0. The maximum Gasteiger partial charge on any atom is 0.254 e. The molecule has 1 aromatic carbocycles. The normalized spacial score (nSPS) is 21.5. The summed E-state index contributed by atoms with van der Waals surface area (Å²) >= 11 is 0. The first-order valence-electron chi connectivity index (χ1n) is 9.70. The van der Waals surface area contributed by atoms with Gasteiger partial charge >= 0.3 is 0 Å². The van der Waals surface area contributed by atoms with Crippen molar-refractivity contribution in [2.75, 3.05) is 20.3 Å². The lowest BCUT2D eigenvalue weighted by Gasteiger charge is -2.35. The Morgan fingerprint density at radius 3 is 2.73 bits per heavy atom. The molecular formula is C21H24N4O5. The monoisotopic (exact) mass is 412 g/mol. The molecule has 0 bridgehead atoms. The minimum Gasteiger partial charge on any atom is -0.497 e. The Hall–Kier alpha value is -3.17. The summed E-state index contributed by atoms with van der Waals surface area (Å²) in [5.74, 6) is 0.0122. The molecule has 2 aliphatic rings. The van der Waals surface area contributed by atoms with Crippen LogP contribution in [-0.4, -0.2) is 58.8 Å². The van der Waals surface area contributed by atoms with Crippen LogP contribution < -0.4 is 20.9 Å². The Bertz CT molecular complexity index is 1070. The first-order chi connectivity index (χ1) is 14.3. The van der Waals surface area contributed by atoms with E-state index in [1.807, 2.05) is 6.07 Å². The predicted molar refractivity (Wildman–Crippen MR) is 108 cm³/mol. The molecule has 1 saturated heterocycles. The molecule has 3 heterocycles. The van der Waals surface area contributed by atoms with Crippen molar-refractivity contribution in [2.24, 2.45) is 0 Å². The number of benzene rings is 1. The Labute approximate surface area is 173 Å². The number of carbonyl (C=O) groups is 2. The highest BCUT2D eigenvalue weighted by molar-refractivity contribution is 5.99. The van der Waals surface area contributed by atoms with Crippen LogP contribution in [0.25, 0.3) is 0 Å². The summed E-state index contributed by atoms with van der Waals surface area (Å²) in [6.45, 7) is 2.24. The van der Waals surface area contributed by atoms with Gasteiger partial charge in [0.1, 0.15) is 11.3 Å². The number of nitrogens with one attached hydrogen (secondary N) is 3. The average Bonchev–Trinajstić information content (AvgIpc) is 3.25. The van der Waals surface area contributed by atoms with Crippen molar-refractivity contribution in [3.05, 3.63) is 63.1 Å². The summed E-state index contributed by atoms with van der Waals surface area (Å²) in [6.07, 6.45) is 0.555. The van der Waals surface area contributed by atoms with Gasteiger partial charge in [-0.25, -0.2) is 0 Å². The van der Waals surface area contributed by atoms with Crippen LogP contribution in [0.3, 0.4) is 0 Å². The number of ether oxygens (including phenoxy) is 1. The Balaban J connectivity index is 1.58. The first kappa shape index (κ1) is 20.1. The van der Waals surface area contributed by atoms with Crippen LogP contribution in [0.15, 0.2) is 35.3 Å². The van der Waals surface area contributed by atoms with Crippen LogP contribution in [0.5, 0.6) is 5.75 Å². The first-order valence-corrected chi connectivity index (χ1v) is 9.70. The molecule has 9 nitrogen and oxygen atoms in total. The Morgan fingerprint density at radius 2 is 2.07 bits per heavy atom. The van der Waals surface area contributed by atoms with E-state index in [4.69, 9.17) is 4.74 Å². The van der Waals surface area contributed by atoms with E-state index in [0.717, 1.165) is 5.56 Å². The van der Waals surface area contributed by atoms with E-state index < -0.39 is 11.6 Å². The molecular weight excluding hydrogens is 388 g/mol. The van der Waals surface area contributed by atoms with Gasteiger partial charge in [0, 0.05) is 30.3 Å². The molecule has 1 fully saturated rings. The van der Waals surface area contributed by atoms with E-state index in [-0.39, 0.29) is 37.0 Å². The van der Waals surface area contributed by atoms with Gasteiger partial charge in [-0.2, -0.15) is 0 Å². The van der Waals surface area contributed by atoms with Gasteiger partial charge in [0.05, 0.1) is 26.4 Å². The lowest BCUT2D eigenvalue weighted by Crippen LogP contribution is -2.63. The number of hydrogen-bond acceptors (Lipinski definition) is 6. The number of carbonyl (C=O) groups excluding carboxylic acids is 2. The molecule has 1 unspecified atom stereocenters. The Kier molecular flexibility index (Phi) is 5.08. The highest BCUT2D eigenvalue weighted by atomic mass is 16.5. The second-order valence-electron chi connectivity index (χ2n) is 7.76. The number of aliphatic hydroxyl groups excluding tert-OH is 1.